The van der Waals surface area contributed by atoms with Gasteiger partial charge in [-0.25, -0.2) is 0 Å². The zero-order valence-electron chi connectivity index (χ0n) is 6.87. The van der Waals surface area contributed by atoms with Gasteiger partial charge in [0.2, 0.25) is 0 Å². The Balaban J connectivity index is 2.76. The lowest BCUT2D eigenvalue weighted by Crippen LogP contribution is -2.09. The number of allylic oxidation sites excluding steroid dienone is 2. The average molecular weight is 165 g/mol. The lowest BCUT2D eigenvalue weighted by Gasteiger charge is -2.06. The van der Waals surface area contributed by atoms with Crippen LogP contribution < -0.4 is 5.32 Å². The van der Waals surface area contributed by atoms with E-state index in [1.807, 2.05) is 6.08 Å². The van der Waals surface area contributed by atoms with Crippen LogP contribution in [0.4, 0.5) is 0 Å². The Labute approximate surface area is 71.1 Å². The summed E-state index contributed by atoms with van der Waals surface area (Å²) < 4.78 is 0. The van der Waals surface area contributed by atoms with E-state index >= 15 is 0 Å². The first-order valence-electron chi connectivity index (χ1n) is 3.72. The molecule has 0 spiro atoms. The van der Waals surface area contributed by atoms with Gasteiger partial charge in [0, 0.05) is 18.2 Å². The van der Waals surface area contributed by atoms with E-state index in [2.05, 4.69) is 5.32 Å². The van der Waals surface area contributed by atoms with Crippen molar-refractivity contribution in [1.29, 1.82) is 0 Å². The Kier molecular flexibility index (Phi) is 2.69. The minimum absolute atomic E-state index is 0.0280. The van der Waals surface area contributed by atoms with Gasteiger partial charge < -0.3 is 10.4 Å². The second-order valence-electron chi connectivity index (χ2n) is 2.54. The molecule has 0 fully saturated rings. The molecule has 3 heteroatoms. The van der Waals surface area contributed by atoms with Gasteiger partial charge in [-0.05, 0) is 19.2 Å². The van der Waals surface area contributed by atoms with Crippen LogP contribution in [-0.2, 0) is 4.79 Å². The van der Waals surface area contributed by atoms with Gasteiger partial charge in [0.15, 0.2) is 5.78 Å². The lowest BCUT2D eigenvalue weighted by atomic mass is 10.1. The van der Waals surface area contributed by atoms with Gasteiger partial charge in [0.1, 0.15) is 5.76 Å². The molecule has 0 aromatic heterocycles. The highest BCUT2D eigenvalue weighted by Gasteiger charge is 2.02. The molecule has 0 bridgehead atoms. The van der Waals surface area contributed by atoms with Crippen LogP contribution in [0.5, 0.6) is 0 Å². The van der Waals surface area contributed by atoms with Crippen molar-refractivity contribution in [1.82, 2.24) is 5.32 Å². The Bertz CT molecular complexity index is 274. The maximum absolute atomic E-state index is 10.6. The molecule has 12 heavy (non-hydrogen) atoms. The molecule has 0 aromatic rings. The van der Waals surface area contributed by atoms with E-state index in [0.29, 0.717) is 12.1 Å². The molecule has 1 rings (SSSR count). The van der Waals surface area contributed by atoms with Crippen molar-refractivity contribution in [2.75, 3.05) is 6.54 Å². The maximum atomic E-state index is 10.6. The van der Waals surface area contributed by atoms with Crippen molar-refractivity contribution in [2.24, 2.45) is 0 Å². The second kappa shape index (κ2) is 3.76. The molecule has 0 saturated heterocycles. The Hall–Kier alpha value is -1.51. The van der Waals surface area contributed by atoms with E-state index in [0.717, 1.165) is 0 Å². The van der Waals surface area contributed by atoms with Crippen LogP contribution in [0.25, 0.3) is 0 Å². The normalized spacial score (nSPS) is 16.8. The minimum atomic E-state index is -0.152. The maximum Gasteiger partial charge on any atom is 0.156 e. The number of dihydropyridines is 1. The van der Waals surface area contributed by atoms with Crippen molar-refractivity contribution in [2.45, 2.75) is 6.92 Å². The number of carbonyl (C=O) groups excluding carboxylic acids is 1. The van der Waals surface area contributed by atoms with Crippen LogP contribution in [0, 0.1) is 0 Å². The van der Waals surface area contributed by atoms with Gasteiger partial charge in [-0.3, -0.25) is 4.79 Å². The topological polar surface area (TPSA) is 49.3 Å². The number of hydrogen-bond donors (Lipinski definition) is 2. The molecule has 2 N–H and O–H groups in total. The van der Waals surface area contributed by atoms with E-state index in [1.54, 1.807) is 12.3 Å². The van der Waals surface area contributed by atoms with Crippen LogP contribution in [0.15, 0.2) is 35.8 Å². The summed E-state index contributed by atoms with van der Waals surface area (Å²) >= 11 is 0. The quantitative estimate of drug-likeness (QED) is 0.475. The molecule has 64 valence electrons. The monoisotopic (exact) mass is 165 g/mol. The molecule has 0 aliphatic carbocycles. The minimum Gasteiger partial charge on any atom is -0.507 e. The smallest absolute Gasteiger partial charge is 0.156 e. The summed E-state index contributed by atoms with van der Waals surface area (Å²) in [6, 6.07) is 0. The summed E-state index contributed by atoms with van der Waals surface area (Å²) in [4.78, 5) is 10.6. The summed E-state index contributed by atoms with van der Waals surface area (Å²) in [6.07, 6.45) is 6.48. The SMILES string of the molecule is CC(=O)C=C(O)C1=CCNC=C1. The molecule has 0 amide bonds. The molecule has 0 saturated carbocycles. The summed E-state index contributed by atoms with van der Waals surface area (Å²) in [5.74, 6) is -0.124. The number of hydrogen-bond acceptors (Lipinski definition) is 3. The molecule has 1 aliphatic rings. The summed E-state index contributed by atoms with van der Waals surface area (Å²) in [6.45, 7) is 2.09. The average Bonchev–Trinajstić information content (AvgIpc) is 2.05. The van der Waals surface area contributed by atoms with Gasteiger partial charge >= 0.3 is 0 Å². The van der Waals surface area contributed by atoms with Crippen LogP contribution in [-0.4, -0.2) is 17.4 Å². The lowest BCUT2D eigenvalue weighted by molar-refractivity contribution is -0.112. The molecule has 0 radical (unpaired) electrons. The molecule has 0 unspecified atom stereocenters. The Morgan fingerprint density at radius 1 is 1.75 bits per heavy atom. The van der Waals surface area contributed by atoms with Gasteiger partial charge in [-0.15, -0.1) is 0 Å². The van der Waals surface area contributed by atoms with Crippen molar-refractivity contribution in [3.63, 3.8) is 0 Å². The summed E-state index contributed by atoms with van der Waals surface area (Å²) in [5.41, 5.74) is 0.684. The van der Waals surface area contributed by atoms with E-state index in [1.165, 1.54) is 13.0 Å². The van der Waals surface area contributed by atoms with Gasteiger partial charge in [0.25, 0.3) is 0 Å². The van der Waals surface area contributed by atoms with Gasteiger partial charge in [-0.2, -0.15) is 0 Å². The van der Waals surface area contributed by atoms with Crippen LogP contribution in [0.1, 0.15) is 6.92 Å². The zero-order chi connectivity index (χ0) is 8.97. The fraction of sp³-hybridized carbons (Fsp3) is 0.222. The van der Waals surface area contributed by atoms with Gasteiger partial charge in [0.05, 0.1) is 0 Å². The fourth-order valence-electron chi connectivity index (χ4n) is 0.919. The number of nitrogens with one attached hydrogen (secondary N) is 1. The van der Waals surface area contributed by atoms with Crippen molar-refractivity contribution < 1.29 is 9.90 Å². The van der Waals surface area contributed by atoms with E-state index in [9.17, 15) is 9.90 Å². The molecular formula is C9H11NO2. The standard InChI is InChI=1S/C9H11NO2/c1-7(11)6-9(12)8-2-4-10-5-3-8/h2-4,6,10,12H,5H2,1H3. The second-order valence-corrected chi connectivity index (χ2v) is 2.54. The first-order valence-corrected chi connectivity index (χ1v) is 3.72. The molecule has 0 atom stereocenters. The number of ketones is 1. The highest BCUT2D eigenvalue weighted by molar-refractivity contribution is 5.88. The Morgan fingerprint density at radius 3 is 3.00 bits per heavy atom. The predicted molar refractivity (Wildman–Crippen MR) is 46.6 cm³/mol. The predicted octanol–water partition coefficient (Wildman–Crippen LogP) is 1.06. The van der Waals surface area contributed by atoms with Crippen molar-refractivity contribution >= 4 is 5.78 Å². The number of aliphatic hydroxyl groups excluding tert-OH is 1. The number of aliphatic hydroxyl groups is 1. The van der Waals surface area contributed by atoms with Crippen LogP contribution in [0.2, 0.25) is 0 Å². The molecule has 0 aromatic carbocycles. The highest BCUT2D eigenvalue weighted by Crippen LogP contribution is 2.09. The van der Waals surface area contributed by atoms with Crippen molar-refractivity contribution in [3.05, 3.63) is 35.8 Å². The first-order chi connectivity index (χ1) is 5.70. The molecule has 1 aliphatic heterocycles. The molecular weight excluding hydrogens is 154 g/mol. The third kappa shape index (κ3) is 2.27. The number of carbonyl (C=O) groups is 1. The third-order valence-corrected chi connectivity index (χ3v) is 1.46. The zero-order valence-corrected chi connectivity index (χ0v) is 6.87. The van der Waals surface area contributed by atoms with Gasteiger partial charge in [-0.1, -0.05) is 6.08 Å². The molecule has 3 nitrogen and oxygen atoms in total. The number of rotatable bonds is 2. The summed E-state index contributed by atoms with van der Waals surface area (Å²) in [5, 5.41) is 12.3. The van der Waals surface area contributed by atoms with E-state index in [-0.39, 0.29) is 11.5 Å². The van der Waals surface area contributed by atoms with Crippen molar-refractivity contribution in [3.8, 4) is 0 Å². The molecule has 1 heterocycles. The van der Waals surface area contributed by atoms with E-state index in [4.69, 9.17) is 0 Å². The Morgan fingerprint density at radius 2 is 2.50 bits per heavy atom. The van der Waals surface area contributed by atoms with Crippen LogP contribution >= 0.6 is 0 Å². The van der Waals surface area contributed by atoms with Crippen LogP contribution in [0.3, 0.4) is 0 Å². The third-order valence-electron chi connectivity index (χ3n) is 1.46. The fourth-order valence-corrected chi connectivity index (χ4v) is 0.919. The largest absolute Gasteiger partial charge is 0.507 e. The summed E-state index contributed by atoms with van der Waals surface area (Å²) in [7, 11) is 0. The highest BCUT2D eigenvalue weighted by atomic mass is 16.3. The first kappa shape index (κ1) is 8.59. The van der Waals surface area contributed by atoms with E-state index < -0.39 is 0 Å².